The van der Waals surface area contributed by atoms with Gasteiger partial charge >= 0.3 is 6.18 Å². The Morgan fingerprint density at radius 3 is 2.56 bits per heavy atom. The van der Waals surface area contributed by atoms with E-state index in [1.807, 2.05) is 0 Å². The molecule has 0 aromatic heterocycles. The minimum Gasteiger partial charge on any atom is -0.488 e. The van der Waals surface area contributed by atoms with Crippen LogP contribution in [-0.2, 0) is 17.6 Å². The third kappa shape index (κ3) is 5.37. The molecule has 0 bridgehead atoms. The molecule has 1 aliphatic heterocycles. The number of nitrogens with one attached hydrogen (secondary N) is 1. The van der Waals surface area contributed by atoms with E-state index in [2.05, 4.69) is 0 Å². The number of rotatable bonds is 6. The topological polar surface area (TPSA) is 96.5 Å². The SMILES string of the molecule is N=C1SC(=Cc2cc([N+](=O)[O-])ccc2OCc2ccccc2Cl)C(=O)N1c1cccc(C(F)(F)F)c1. The number of nitro benzene ring substituents is 1. The Kier molecular flexibility index (Phi) is 7.04. The molecule has 1 N–H and O–H groups in total. The van der Waals surface area contributed by atoms with Crippen LogP contribution >= 0.6 is 23.4 Å². The van der Waals surface area contributed by atoms with E-state index in [9.17, 15) is 28.1 Å². The van der Waals surface area contributed by atoms with Crippen LogP contribution in [0.4, 0.5) is 24.5 Å². The molecule has 0 unspecified atom stereocenters. The maximum Gasteiger partial charge on any atom is 0.416 e. The molecule has 184 valence electrons. The molecule has 0 radical (unpaired) electrons. The van der Waals surface area contributed by atoms with Crippen LogP contribution in [-0.4, -0.2) is 16.0 Å². The van der Waals surface area contributed by atoms with Crippen molar-refractivity contribution in [1.29, 1.82) is 5.41 Å². The highest BCUT2D eigenvalue weighted by Crippen LogP contribution is 2.39. The summed E-state index contributed by atoms with van der Waals surface area (Å²) < 4.78 is 45.2. The molecular weight excluding hydrogens is 519 g/mol. The summed E-state index contributed by atoms with van der Waals surface area (Å²) in [4.78, 5) is 24.6. The number of amidine groups is 1. The number of ether oxygens (including phenoxy) is 1. The van der Waals surface area contributed by atoms with E-state index in [-0.39, 0.29) is 39.4 Å². The highest BCUT2D eigenvalue weighted by atomic mass is 35.5. The first-order valence-corrected chi connectivity index (χ1v) is 11.4. The van der Waals surface area contributed by atoms with Crippen LogP contribution in [0.15, 0.2) is 71.6 Å². The molecule has 3 aromatic carbocycles. The molecule has 1 amide bonds. The van der Waals surface area contributed by atoms with E-state index in [1.54, 1.807) is 24.3 Å². The summed E-state index contributed by atoms with van der Waals surface area (Å²) in [6.45, 7) is 0.0426. The van der Waals surface area contributed by atoms with Gasteiger partial charge in [-0.2, -0.15) is 13.2 Å². The molecule has 0 spiro atoms. The lowest BCUT2D eigenvalue weighted by molar-refractivity contribution is -0.384. The minimum atomic E-state index is -4.62. The molecular formula is C24H15ClF3N3O4S. The lowest BCUT2D eigenvalue weighted by atomic mass is 10.1. The number of benzene rings is 3. The molecule has 7 nitrogen and oxygen atoms in total. The number of non-ortho nitro benzene ring substituents is 1. The largest absolute Gasteiger partial charge is 0.488 e. The van der Waals surface area contributed by atoms with E-state index in [4.69, 9.17) is 21.7 Å². The molecule has 36 heavy (non-hydrogen) atoms. The lowest BCUT2D eigenvalue weighted by Gasteiger charge is -2.16. The molecule has 1 aliphatic rings. The molecule has 1 fully saturated rings. The second-order valence-electron chi connectivity index (χ2n) is 7.46. The van der Waals surface area contributed by atoms with Crippen LogP contribution in [0.25, 0.3) is 6.08 Å². The number of amides is 1. The van der Waals surface area contributed by atoms with Crippen molar-refractivity contribution in [2.24, 2.45) is 0 Å². The molecule has 12 heteroatoms. The number of halogens is 4. The van der Waals surface area contributed by atoms with Gasteiger partial charge in [-0.1, -0.05) is 35.9 Å². The fourth-order valence-corrected chi connectivity index (χ4v) is 4.39. The summed E-state index contributed by atoms with van der Waals surface area (Å²) in [5, 5.41) is 19.6. The Balaban J connectivity index is 1.67. The number of carbonyl (C=O) groups is 1. The first-order chi connectivity index (χ1) is 17.0. The number of nitro groups is 1. The van der Waals surface area contributed by atoms with Gasteiger partial charge in [0.2, 0.25) is 0 Å². The molecule has 3 aromatic rings. The minimum absolute atomic E-state index is 0.0134. The van der Waals surface area contributed by atoms with Gasteiger partial charge in [0.05, 0.1) is 21.1 Å². The Morgan fingerprint density at radius 1 is 1.11 bits per heavy atom. The summed E-state index contributed by atoms with van der Waals surface area (Å²) >= 11 is 6.87. The average molecular weight is 534 g/mol. The first-order valence-electron chi connectivity index (χ1n) is 10.2. The maximum atomic E-state index is 13.1. The van der Waals surface area contributed by atoms with E-state index in [0.29, 0.717) is 10.6 Å². The van der Waals surface area contributed by atoms with E-state index in [0.717, 1.165) is 34.9 Å². The summed E-state index contributed by atoms with van der Waals surface area (Å²) in [6.07, 6.45) is -3.31. The van der Waals surface area contributed by atoms with Crippen molar-refractivity contribution in [2.75, 3.05) is 4.90 Å². The monoisotopic (exact) mass is 533 g/mol. The van der Waals surface area contributed by atoms with Gasteiger partial charge in [0, 0.05) is 28.3 Å². The Bertz CT molecular complexity index is 1410. The summed E-state index contributed by atoms with van der Waals surface area (Å²) in [5.74, 6) is -0.529. The summed E-state index contributed by atoms with van der Waals surface area (Å²) in [5.41, 5.74) is -0.486. The van der Waals surface area contributed by atoms with Crippen molar-refractivity contribution in [3.8, 4) is 5.75 Å². The van der Waals surface area contributed by atoms with Crippen molar-refractivity contribution >= 4 is 51.9 Å². The van der Waals surface area contributed by atoms with Crippen molar-refractivity contribution in [3.63, 3.8) is 0 Å². The highest BCUT2D eigenvalue weighted by Gasteiger charge is 2.36. The number of carbonyl (C=O) groups excluding carboxylic acids is 1. The maximum absolute atomic E-state index is 13.1. The number of hydrogen-bond donors (Lipinski definition) is 1. The smallest absolute Gasteiger partial charge is 0.416 e. The number of hydrogen-bond acceptors (Lipinski definition) is 6. The second-order valence-corrected chi connectivity index (χ2v) is 8.90. The quantitative estimate of drug-likeness (QED) is 0.211. The van der Waals surface area contributed by atoms with Crippen LogP contribution in [0.1, 0.15) is 16.7 Å². The van der Waals surface area contributed by atoms with Gasteiger partial charge < -0.3 is 4.74 Å². The van der Waals surface area contributed by atoms with Crippen molar-refractivity contribution in [2.45, 2.75) is 12.8 Å². The summed E-state index contributed by atoms with van der Waals surface area (Å²) in [7, 11) is 0. The van der Waals surface area contributed by atoms with Gasteiger partial charge in [0.15, 0.2) is 5.17 Å². The average Bonchev–Trinajstić information content (AvgIpc) is 3.11. The standard InChI is InChI=1S/C24H15ClF3N3O4S/c25-19-7-2-1-4-14(19)13-35-20-9-8-18(31(33)34)10-15(20)11-21-22(32)30(23(29)36-21)17-6-3-5-16(12-17)24(26,27)28/h1-12,29H,13H2. The van der Waals surface area contributed by atoms with Crippen LogP contribution in [0.2, 0.25) is 5.02 Å². The first kappa shape index (κ1) is 25.3. The van der Waals surface area contributed by atoms with Gasteiger partial charge in [0.25, 0.3) is 11.6 Å². The molecule has 0 saturated carbocycles. The Hall–Kier alpha value is -3.83. The Labute approximate surface area is 211 Å². The van der Waals surface area contributed by atoms with Crippen molar-refractivity contribution < 1.29 is 27.6 Å². The van der Waals surface area contributed by atoms with E-state index >= 15 is 0 Å². The molecule has 0 aliphatic carbocycles. The molecule has 1 heterocycles. The molecule has 4 rings (SSSR count). The van der Waals surface area contributed by atoms with E-state index < -0.39 is 22.6 Å². The number of nitrogens with zero attached hydrogens (tertiary/aromatic N) is 2. The fraction of sp³-hybridized carbons (Fsp3) is 0.0833. The van der Waals surface area contributed by atoms with Gasteiger partial charge in [0.1, 0.15) is 12.4 Å². The zero-order valence-corrected chi connectivity index (χ0v) is 19.7. The number of alkyl halides is 3. The number of thioether (sulfide) groups is 1. The van der Waals surface area contributed by atoms with Crippen LogP contribution in [0, 0.1) is 15.5 Å². The van der Waals surface area contributed by atoms with Crippen LogP contribution in [0.3, 0.4) is 0 Å². The highest BCUT2D eigenvalue weighted by molar-refractivity contribution is 8.19. The number of anilines is 1. The zero-order chi connectivity index (χ0) is 26.0. The zero-order valence-electron chi connectivity index (χ0n) is 18.1. The normalized spacial score (nSPS) is 15.0. The molecule has 1 saturated heterocycles. The second kappa shape index (κ2) is 10.0. The third-order valence-corrected chi connectivity index (χ3v) is 6.34. The van der Waals surface area contributed by atoms with Crippen molar-refractivity contribution in [1.82, 2.24) is 0 Å². The summed E-state index contributed by atoms with van der Waals surface area (Å²) in [6, 6.07) is 14.9. The predicted molar refractivity (Wildman–Crippen MR) is 131 cm³/mol. The third-order valence-electron chi connectivity index (χ3n) is 5.09. The predicted octanol–water partition coefficient (Wildman–Crippen LogP) is 6.90. The van der Waals surface area contributed by atoms with Crippen molar-refractivity contribution in [3.05, 3.63) is 103 Å². The van der Waals surface area contributed by atoms with Gasteiger partial charge in [-0.15, -0.1) is 0 Å². The van der Waals surface area contributed by atoms with Gasteiger partial charge in [-0.3, -0.25) is 25.2 Å². The van der Waals surface area contributed by atoms with Crippen LogP contribution in [0.5, 0.6) is 5.75 Å². The lowest BCUT2D eigenvalue weighted by Crippen LogP contribution is -2.28. The molecule has 0 atom stereocenters. The van der Waals surface area contributed by atoms with Gasteiger partial charge in [-0.05, 0) is 48.2 Å². The Morgan fingerprint density at radius 2 is 1.86 bits per heavy atom. The van der Waals surface area contributed by atoms with Crippen LogP contribution < -0.4 is 9.64 Å². The van der Waals surface area contributed by atoms with Gasteiger partial charge in [-0.25, -0.2) is 0 Å². The fourth-order valence-electron chi connectivity index (χ4n) is 3.35. The van der Waals surface area contributed by atoms with E-state index in [1.165, 1.54) is 30.3 Å².